The number of fused-ring (bicyclic) bond motifs is 1. The molecular formula is C16H19NO3S. The summed E-state index contributed by atoms with van der Waals surface area (Å²) in [6.45, 7) is 0.149. The van der Waals surface area contributed by atoms with Gasteiger partial charge in [0.2, 0.25) is 10.0 Å². The monoisotopic (exact) mass is 305 g/mol. The van der Waals surface area contributed by atoms with E-state index in [4.69, 9.17) is 0 Å². The van der Waals surface area contributed by atoms with E-state index >= 15 is 0 Å². The zero-order valence-corrected chi connectivity index (χ0v) is 12.8. The van der Waals surface area contributed by atoms with Gasteiger partial charge in [-0.2, -0.15) is 4.31 Å². The summed E-state index contributed by atoms with van der Waals surface area (Å²) in [4.78, 5) is 0.297. The third kappa shape index (κ3) is 2.81. The molecule has 21 heavy (non-hydrogen) atoms. The van der Waals surface area contributed by atoms with Crippen LogP contribution in [0.2, 0.25) is 0 Å². The Hall–Kier alpha value is -1.43. The zero-order valence-electron chi connectivity index (χ0n) is 11.9. The van der Waals surface area contributed by atoms with Crippen molar-refractivity contribution in [3.05, 3.63) is 42.5 Å². The first-order chi connectivity index (χ1) is 10.00. The average Bonchev–Trinajstić information content (AvgIpc) is 3.31. The molecule has 5 heteroatoms. The normalized spacial score (nSPS) is 17.3. The van der Waals surface area contributed by atoms with E-state index in [1.165, 1.54) is 11.4 Å². The van der Waals surface area contributed by atoms with E-state index in [2.05, 4.69) is 0 Å². The van der Waals surface area contributed by atoms with Gasteiger partial charge in [0, 0.05) is 19.0 Å². The van der Waals surface area contributed by atoms with Gasteiger partial charge in [-0.3, -0.25) is 0 Å². The van der Waals surface area contributed by atoms with Gasteiger partial charge in [-0.25, -0.2) is 8.42 Å². The Morgan fingerprint density at radius 3 is 2.57 bits per heavy atom. The number of hydrogen-bond donors (Lipinski definition) is 1. The van der Waals surface area contributed by atoms with Gasteiger partial charge >= 0.3 is 0 Å². The number of benzene rings is 2. The molecule has 0 spiro atoms. The fourth-order valence-corrected chi connectivity index (χ4v) is 3.98. The second kappa shape index (κ2) is 5.40. The summed E-state index contributed by atoms with van der Waals surface area (Å²) in [5, 5.41) is 11.6. The van der Waals surface area contributed by atoms with Crippen molar-refractivity contribution in [1.82, 2.24) is 4.31 Å². The lowest BCUT2D eigenvalue weighted by Crippen LogP contribution is -2.35. The van der Waals surface area contributed by atoms with E-state index in [1.54, 1.807) is 12.1 Å². The van der Waals surface area contributed by atoms with E-state index in [0.717, 1.165) is 18.2 Å². The van der Waals surface area contributed by atoms with Crippen LogP contribution in [0.5, 0.6) is 0 Å². The maximum Gasteiger partial charge on any atom is 0.243 e. The molecule has 0 saturated heterocycles. The highest BCUT2D eigenvalue weighted by molar-refractivity contribution is 7.89. The zero-order chi connectivity index (χ0) is 15.0. The molecule has 0 amide bonds. The van der Waals surface area contributed by atoms with Crippen molar-refractivity contribution in [2.75, 3.05) is 13.6 Å². The SMILES string of the molecule is CN(CC(O)C1CC1)S(=O)(=O)c1cccc2ccccc12. The third-order valence-electron chi connectivity index (χ3n) is 4.05. The van der Waals surface area contributed by atoms with Gasteiger partial charge in [0.25, 0.3) is 0 Å². The molecule has 0 heterocycles. The lowest BCUT2D eigenvalue weighted by molar-refractivity contribution is 0.131. The molecular weight excluding hydrogens is 286 g/mol. The number of likely N-dealkylation sites (N-methyl/N-ethyl adjacent to an activating group) is 1. The Morgan fingerprint density at radius 1 is 1.19 bits per heavy atom. The number of hydrogen-bond acceptors (Lipinski definition) is 3. The standard InChI is InChI=1S/C16H19NO3S/c1-17(11-15(18)13-9-10-13)21(19,20)16-8-4-6-12-5-2-3-7-14(12)16/h2-8,13,15,18H,9-11H2,1H3. The fourth-order valence-electron chi connectivity index (χ4n) is 2.58. The first-order valence-electron chi connectivity index (χ1n) is 7.12. The van der Waals surface area contributed by atoms with Crippen LogP contribution in [-0.2, 0) is 10.0 Å². The molecule has 2 aromatic rings. The van der Waals surface area contributed by atoms with Crippen LogP contribution in [0, 0.1) is 5.92 Å². The molecule has 1 atom stereocenters. The van der Waals surface area contributed by atoms with Crippen LogP contribution >= 0.6 is 0 Å². The lowest BCUT2D eigenvalue weighted by Gasteiger charge is -2.21. The van der Waals surface area contributed by atoms with Gasteiger partial charge in [0.15, 0.2) is 0 Å². The minimum atomic E-state index is -3.59. The van der Waals surface area contributed by atoms with E-state index in [-0.39, 0.29) is 12.5 Å². The molecule has 1 aliphatic carbocycles. The van der Waals surface area contributed by atoms with Crippen molar-refractivity contribution in [1.29, 1.82) is 0 Å². The maximum atomic E-state index is 12.7. The molecule has 1 saturated carbocycles. The molecule has 112 valence electrons. The van der Waals surface area contributed by atoms with E-state index < -0.39 is 16.1 Å². The number of aliphatic hydroxyl groups excluding tert-OH is 1. The molecule has 0 aromatic heterocycles. The van der Waals surface area contributed by atoms with Crippen LogP contribution in [-0.4, -0.2) is 37.5 Å². The highest BCUT2D eigenvalue weighted by atomic mass is 32.2. The van der Waals surface area contributed by atoms with E-state index in [1.807, 2.05) is 30.3 Å². The van der Waals surface area contributed by atoms with Crippen molar-refractivity contribution < 1.29 is 13.5 Å². The van der Waals surface area contributed by atoms with Crippen molar-refractivity contribution in [3.63, 3.8) is 0 Å². The van der Waals surface area contributed by atoms with Crippen LogP contribution in [0.4, 0.5) is 0 Å². The van der Waals surface area contributed by atoms with Gasteiger partial charge in [-0.1, -0.05) is 36.4 Å². The van der Waals surface area contributed by atoms with Crippen LogP contribution in [0.1, 0.15) is 12.8 Å². The van der Waals surface area contributed by atoms with Gasteiger partial charge in [0.05, 0.1) is 11.0 Å². The first-order valence-corrected chi connectivity index (χ1v) is 8.56. The lowest BCUT2D eigenvalue weighted by atomic mass is 10.1. The van der Waals surface area contributed by atoms with Crippen LogP contribution < -0.4 is 0 Å². The highest BCUT2D eigenvalue weighted by Crippen LogP contribution is 2.33. The van der Waals surface area contributed by atoms with Crippen molar-refractivity contribution in [2.45, 2.75) is 23.8 Å². The molecule has 0 aliphatic heterocycles. The molecule has 0 radical (unpaired) electrons. The Balaban J connectivity index is 1.95. The topological polar surface area (TPSA) is 57.6 Å². The minimum absolute atomic E-state index is 0.149. The second-order valence-electron chi connectivity index (χ2n) is 5.67. The minimum Gasteiger partial charge on any atom is -0.391 e. The smallest absolute Gasteiger partial charge is 0.243 e. The quantitative estimate of drug-likeness (QED) is 0.921. The van der Waals surface area contributed by atoms with Crippen molar-refractivity contribution in [3.8, 4) is 0 Å². The largest absolute Gasteiger partial charge is 0.391 e. The Bertz CT molecular complexity index is 748. The highest BCUT2D eigenvalue weighted by Gasteiger charge is 2.33. The van der Waals surface area contributed by atoms with E-state index in [9.17, 15) is 13.5 Å². The summed E-state index contributed by atoms with van der Waals surface area (Å²) < 4.78 is 26.7. The summed E-state index contributed by atoms with van der Waals surface area (Å²) in [5.74, 6) is 0.259. The van der Waals surface area contributed by atoms with Crippen LogP contribution in [0.15, 0.2) is 47.4 Å². The molecule has 0 bridgehead atoms. The molecule has 4 nitrogen and oxygen atoms in total. The molecule has 3 rings (SSSR count). The molecule has 1 fully saturated rings. The van der Waals surface area contributed by atoms with Gasteiger partial charge in [0.1, 0.15) is 0 Å². The summed E-state index contributed by atoms with van der Waals surface area (Å²) in [6, 6.07) is 12.7. The Labute approximate surface area is 125 Å². The third-order valence-corrected chi connectivity index (χ3v) is 5.93. The molecule has 1 aliphatic rings. The number of rotatable bonds is 5. The Kier molecular flexibility index (Phi) is 3.73. The number of sulfonamides is 1. The van der Waals surface area contributed by atoms with Gasteiger partial charge in [-0.05, 0) is 30.2 Å². The number of nitrogens with zero attached hydrogens (tertiary/aromatic N) is 1. The fraction of sp³-hybridized carbons (Fsp3) is 0.375. The van der Waals surface area contributed by atoms with Crippen LogP contribution in [0.3, 0.4) is 0 Å². The van der Waals surface area contributed by atoms with Crippen molar-refractivity contribution in [2.24, 2.45) is 5.92 Å². The van der Waals surface area contributed by atoms with Gasteiger partial charge < -0.3 is 5.11 Å². The maximum absolute atomic E-state index is 12.7. The predicted octanol–water partition coefficient (Wildman–Crippen LogP) is 2.23. The summed E-state index contributed by atoms with van der Waals surface area (Å²) in [7, 11) is -2.06. The average molecular weight is 305 g/mol. The summed E-state index contributed by atoms with van der Waals surface area (Å²) >= 11 is 0. The van der Waals surface area contributed by atoms with E-state index in [0.29, 0.717) is 10.3 Å². The number of aliphatic hydroxyl groups is 1. The van der Waals surface area contributed by atoms with Gasteiger partial charge in [-0.15, -0.1) is 0 Å². The second-order valence-corrected chi connectivity index (χ2v) is 7.68. The first kappa shape index (κ1) is 14.5. The summed E-state index contributed by atoms with van der Waals surface area (Å²) in [6.07, 6.45) is 1.41. The van der Waals surface area contributed by atoms with Crippen LogP contribution in [0.25, 0.3) is 10.8 Å². The predicted molar refractivity (Wildman–Crippen MR) is 82.5 cm³/mol. The summed E-state index contributed by atoms with van der Waals surface area (Å²) in [5.41, 5.74) is 0. The molecule has 1 N–H and O–H groups in total. The molecule has 1 unspecified atom stereocenters. The Morgan fingerprint density at radius 2 is 1.86 bits per heavy atom. The van der Waals surface area contributed by atoms with Crippen molar-refractivity contribution >= 4 is 20.8 Å². The molecule has 2 aromatic carbocycles.